The highest BCUT2D eigenvalue weighted by atomic mass is 35.5. The number of hydrogen-bond acceptors (Lipinski definition) is 5. The minimum atomic E-state index is -0.569. The van der Waals surface area contributed by atoms with Crippen LogP contribution in [0.5, 0.6) is 0 Å². The Bertz CT molecular complexity index is 496. The van der Waals surface area contributed by atoms with E-state index in [0.29, 0.717) is 12.2 Å². The van der Waals surface area contributed by atoms with Crippen LogP contribution < -0.4 is 11.1 Å². The maximum Gasteiger partial charge on any atom is 0.288 e. The Hall–Kier alpha value is -1.73. The van der Waals surface area contributed by atoms with Crippen molar-refractivity contribution in [1.82, 2.24) is 10.3 Å². The molecule has 3 N–H and O–H groups in total. The summed E-state index contributed by atoms with van der Waals surface area (Å²) in [5.74, 6) is -0.370. The predicted molar refractivity (Wildman–Crippen MR) is 82.7 cm³/mol. The Morgan fingerprint density at radius 2 is 2.24 bits per heavy atom. The highest BCUT2D eigenvalue weighted by Crippen LogP contribution is 2.15. The first-order valence-corrected chi connectivity index (χ1v) is 6.61. The smallest absolute Gasteiger partial charge is 0.288 e. The molecule has 0 spiro atoms. The molecular weight excluding hydrogens is 296 g/mol. The third-order valence-corrected chi connectivity index (χ3v) is 3.05. The van der Waals surface area contributed by atoms with Gasteiger partial charge in [-0.25, -0.2) is 0 Å². The quantitative estimate of drug-likeness (QED) is 0.590. The molecule has 7 nitrogen and oxygen atoms in total. The molecule has 0 aromatic carbocycles. The van der Waals surface area contributed by atoms with Crippen LogP contribution in [-0.2, 0) is 0 Å². The lowest BCUT2D eigenvalue weighted by Crippen LogP contribution is -2.40. The molecule has 0 saturated carbocycles. The lowest BCUT2D eigenvalue weighted by Gasteiger charge is -2.16. The monoisotopic (exact) mass is 316 g/mol. The summed E-state index contributed by atoms with van der Waals surface area (Å²) in [5, 5.41) is 13.5. The van der Waals surface area contributed by atoms with Gasteiger partial charge in [0.05, 0.1) is 16.2 Å². The normalized spacial score (nSPS) is 11.4. The van der Waals surface area contributed by atoms with E-state index in [-0.39, 0.29) is 35.6 Å². The Labute approximate surface area is 129 Å². The summed E-state index contributed by atoms with van der Waals surface area (Å²) < 4.78 is 0. The van der Waals surface area contributed by atoms with Crippen LogP contribution in [0.1, 0.15) is 42.2 Å². The number of nitro groups is 1. The van der Waals surface area contributed by atoms with Gasteiger partial charge in [0.2, 0.25) is 0 Å². The number of amides is 1. The van der Waals surface area contributed by atoms with Gasteiger partial charge in [-0.3, -0.25) is 19.9 Å². The van der Waals surface area contributed by atoms with Gasteiger partial charge in [-0.15, -0.1) is 12.4 Å². The molecule has 1 unspecified atom stereocenters. The van der Waals surface area contributed by atoms with Gasteiger partial charge < -0.3 is 11.1 Å². The van der Waals surface area contributed by atoms with E-state index in [9.17, 15) is 14.9 Å². The molecule has 1 amide bonds. The van der Waals surface area contributed by atoms with Crippen molar-refractivity contribution in [1.29, 1.82) is 0 Å². The van der Waals surface area contributed by atoms with Crippen molar-refractivity contribution >= 4 is 24.0 Å². The van der Waals surface area contributed by atoms with Crippen molar-refractivity contribution in [2.45, 2.75) is 39.2 Å². The van der Waals surface area contributed by atoms with E-state index in [1.807, 2.05) is 0 Å². The zero-order valence-electron chi connectivity index (χ0n) is 12.2. The fourth-order valence-corrected chi connectivity index (χ4v) is 1.81. The standard InChI is InChI=1S/C13H20N4O3.ClH/c1-3-4-5-10(7-14)16-13(18)12-6-11(17(19)20)8-15-9(12)2;/h6,8,10H,3-5,7,14H2,1-2H3,(H,16,18);1H. The second-order valence-electron chi connectivity index (χ2n) is 4.63. The first-order chi connectivity index (χ1) is 9.49. The number of pyridine rings is 1. The number of nitrogens with two attached hydrogens (primary N) is 1. The number of aromatic nitrogens is 1. The van der Waals surface area contributed by atoms with Crippen molar-refractivity contribution in [3.05, 3.63) is 33.6 Å². The minimum Gasteiger partial charge on any atom is -0.348 e. The molecule has 1 rings (SSSR count). The molecule has 8 heteroatoms. The molecule has 1 aromatic rings. The topological polar surface area (TPSA) is 111 Å². The summed E-state index contributed by atoms with van der Waals surface area (Å²) in [7, 11) is 0. The van der Waals surface area contributed by atoms with Crippen molar-refractivity contribution in [3.8, 4) is 0 Å². The van der Waals surface area contributed by atoms with Gasteiger partial charge in [-0.1, -0.05) is 19.8 Å². The molecule has 0 radical (unpaired) electrons. The average Bonchev–Trinajstić information content (AvgIpc) is 2.43. The zero-order valence-corrected chi connectivity index (χ0v) is 13.0. The van der Waals surface area contributed by atoms with Crippen molar-refractivity contribution in [3.63, 3.8) is 0 Å². The van der Waals surface area contributed by atoms with Crippen molar-refractivity contribution in [2.75, 3.05) is 6.54 Å². The van der Waals surface area contributed by atoms with E-state index in [2.05, 4.69) is 17.2 Å². The third kappa shape index (κ3) is 5.65. The molecule has 1 heterocycles. The maximum absolute atomic E-state index is 12.1. The molecule has 0 aliphatic carbocycles. The second kappa shape index (κ2) is 9.25. The van der Waals surface area contributed by atoms with Gasteiger partial charge in [-0.2, -0.15) is 0 Å². The lowest BCUT2D eigenvalue weighted by atomic mass is 10.1. The van der Waals surface area contributed by atoms with Crippen LogP contribution in [-0.4, -0.2) is 28.4 Å². The maximum atomic E-state index is 12.1. The summed E-state index contributed by atoms with van der Waals surface area (Å²) in [6.07, 6.45) is 3.92. The number of aryl methyl sites for hydroxylation is 1. The Morgan fingerprint density at radius 1 is 1.57 bits per heavy atom. The van der Waals surface area contributed by atoms with Gasteiger partial charge in [0.1, 0.15) is 6.20 Å². The summed E-state index contributed by atoms with van der Waals surface area (Å²) in [6, 6.07) is 1.12. The lowest BCUT2D eigenvalue weighted by molar-refractivity contribution is -0.385. The number of hydrogen-bond donors (Lipinski definition) is 2. The fourth-order valence-electron chi connectivity index (χ4n) is 1.81. The number of rotatable bonds is 7. The Kier molecular flexibility index (Phi) is 8.49. The Morgan fingerprint density at radius 3 is 2.76 bits per heavy atom. The van der Waals surface area contributed by atoms with Crippen LogP contribution >= 0.6 is 12.4 Å². The van der Waals surface area contributed by atoms with E-state index >= 15 is 0 Å². The van der Waals surface area contributed by atoms with Gasteiger partial charge in [-0.05, 0) is 13.3 Å². The number of carbonyl (C=O) groups is 1. The molecule has 118 valence electrons. The molecule has 0 aliphatic heterocycles. The number of nitrogens with zero attached hydrogens (tertiary/aromatic N) is 2. The summed E-state index contributed by atoms with van der Waals surface area (Å²) in [5.41, 5.74) is 6.10. The molecule has 1 aromatic heterocycles. The molecule has 21 heavy (non-hydrogen) atoms. The highest BCUT2D eigenvalue weighted by Gasteiger charge is 2.18. The van der Waals surface area contributed by atoms with Crippen molar-refractivity contribution < 1.29 is 9.72 Å². The molecule has 0 fully saturated rings. The summed E-state index contributed by atoms with van der Waals surface area (Å²) in [4.78, 5) is 26.2. The van der Waals surface area contributed by atoms with Crippen LogP contribution in [0.4, 0.5) is 5.69 Å². The molecule has 1 atom stereocenters. The van der Waals surface area contributed by atoms with Gasteiger partial charge in [0.15, 0.2) is 0 Å². The van der Waals surface area contributed by atoms with Crippen LogP contribution in [0.3, 0.4) is 0 Å². The molecule has 0 bridgehead atoms. The number of nitrogens with one attached hydrogen (secondary N) is 1. The molecule has 0 aliphatic rings. The summed E-state index contributed by atoms with van der Waals surface area (Å²) in [6.45, 7) is 4.04. The highest BCUT2D eigenvalue weighted by molar-refractivity contribution is 5.95. The number of halogens is 1. The molecule has 0 saturated heterocycles. The van der Waals surface area contributed by atoms with Gasteiger partial charge in [0, 0.05) is 18.7 Å². The van der Waals surface area contributed by atoms with Crippen molar-refractivity contribution in [2.24, 2.45) is 5.73 Å². The summed E-state index contributed by atoms with van der Waals surface area (Å²) >= 11 is 0. The largest absolute Gasteiger partial charge is 0.348 e. The first-order valence-electron chi connectivity index (χ1n) is 6.61. The third-order valence-electron chi connectivity index (χ3n) is 3.05. The number of unbranched alkanes of at least 4 members (excludes halogenated alkanes) is 1. The zero-order chi connectivity index (χ0) is 15.1. The fraction of sp³-hybridized carbons (Fsp3) is 0.538. The number of carbonyl (C=O) groups excluding carboxylic acids is 1. The van der Waals surface area contributed by atoms with Crippen LogP contribution in [0.2, 0.25) is 0 Å². The van der Waals surface area contributed by atoms with Crippen LogP contribution in [0.25, 0.3) is 0 Å². The second-order valence-corrected chi connectivity index (χ2v) is 4.63. The van der Waals surface area contributed by atoms with Crippen LogP contribution in [0, 0.1) is 17.0 Å². The first kappa shape index (κ1) is 19.3. The predicted octanol–water partition coefficient (Wildman–Crippen LogP) is 1.97. The minimum absolute atomic E-state index is 0. The van der Waals surface area contributed by atoms with Gasteiger partial charge in [0.25, 0.3) is 11.6 Å². The van der Waals surface area contributed by atoms with E-state index in [1.54, 1.807) is 6.92 Å². The molecular formula is C13H21ClN4O3. The van der Waals surface area contributed by atoms with E-state index in [0.717, 1.165) is 25.5 Å². The van der Waals surface area contributed by atoms with E-state index in [4.69, 9.17) is 5.73 Å². The van der Waals surface area contributed by atoms with E-state index < -0.39 is 4.92 Å². The van der Waals surface area contributed by atoms with Crippen LogP contribution in [0.15, 0.2) is 12.3 Å². The Balaban J connectivity index is 0.00000400. The SMILES string of the molecule is CCCCC(CN)NC(=O)c1cc([N+](=O)[O-])cnc1C.Cl. The van der Waals surface area contributed by atoms with Gasteiger partial charge >= 0.3 is 0 Å². The average molecular weight is 317 g/mol. The van der Waals surface area contributed by atoms with E-state index in [1.165, 1.54) is 6.07 Å².